The lowest BCUT2D eigenvalue weighted by atomic mass is 9.89. The number of aromatic nitrogens is 1. The molecule has 13 rings (SSSR count). The van der Waals surface area contributed by atoms with E-state index in [0.29, 0.717) is 0 Å². The molecular formula is C58H37N3O. The lowest BCUT2D eigenvalue weighted by Gasteiger charge is -2.34. The Hall–Kier alpha value is -8.34. The SMILES string of the molecule is c1ccc(N2c3cc(-c4ccc(N(c5ccc6oc7ccccc7c6c5)c5ccc6c(c5)c5ccccc5n6-c5ccccc5)cc4)ccc3-c3cccc4cccc2c34)cc1. The summed E-state index contributed by atoms with van der Waals surface area (Å²) in [6.07, 6.45) is 0. The first kappa shape index (κ1) is 34.5. The van der Waals surface area contributed by atoms with Crippen LogP contribution in [-0.4, -0.2) is 4.57 Å². The molecule has 290 valence electrons. The van der Waals surface area contributed by atoms with E-state index in [4.69, 9.17) is 4.42 Å². The van der Waals surface area contributed by atoms with Gasteiger partial charge in [0.05, 0.1) is 22.4 Å². The van der Waals surface area contributed by atoms with Crippen molar-refractivity contribution < 1.29 is 4.42 Å². The molecule has 0 aliphatic carbocycles. The Bertz CT molecular complexity index is 3690. The second-order valence-corrected chi connectivity index (χ2v) is 16.1. The second-order valence-electron chi connectivity index (χ2n) is 16.1. The smallest absolute Gasteiger partial charge is 0.135 e. The number of benzene rings is 10. The molecule has 62 heavy (non-hydrogen) atoms. The molecule has 10 aromatic carbocycles. The first-order valence-electron chi connectivity index (χ1n) is 21.2. The molecule has 12 aromatic rings. The van der Waals surface area contributed by atoms with Crippen molar-refractivity contribution in [3.05, 3.63) is 224 Å². The molecule has 4 nitrogen and oxygen atoms in total. The number of hydrogen-bond donors (Lipinski definition) is 0. The third-order valence-electron chi connectivity index (χ3n) is 12.7. The zero-order valence-electron chi connectivity index (χ0n) is 33.6. The Morgan fingerprint density at radius 2 is 0.984 bits per heavy atom. The molecule has 3 heterocycles. The molecule has 0 atom stereocenters. The van der Waals surface area contributed by atoms with Crippen molar-refractivity contribution in [3.63, 3.8) is 0 Å². The molecule has 0 saturated carbocycles. The van der Waals surface area contributed by atoms with Gasteiger partial charge in [0.1, 0.15) is 11.2 Å². The van der Waals surface area contributed by atoms with Gasteiger partial charge in [-0.15, -0.1) is 0 Å². The molecule has 1 aliphatic rings. The van der Waals surface area contributed by atoms with Crippen LogP contribution < -0.4 is 9.80 Å². The molecule has 2 aromatic heterocycles. The van der Waals surface area contributed by atoms with Gasteiger partial charge >= 0.3 is 0 Å². The van der Waals surface area contributed by atoms with E-state index in [0.717, 1.165) is 61.5 Å². The number of anilines is 6. The van der Waals surface area contributed by atoms with Crippen LogP contribution in [0.15, 0.2) is 229 Å². The Kier molecular flexibility index (Phi) is 7.57. The Morgan fingerprint density at radius 3 is 1.81 bits per heavy atom. The maximum absolute atomic E-state index is 6.30. The zero-order valence-corrected chi connectivity index (χ0v) is 33.6. The van der Waals surface area contributed by atoms with Crippen LogP contribution >= 0.6 is 0 Å². The van der Waals surface area contributed by atoms with E-state index < -0.39 is 0 Å². The highest BCUT2D eigenvalue weighted by Crippen LogP contribution is 2.52. The van der Waals surface area contributed by atoms with E-state index in [1.807, 2.05) is 12.1 Å². The molecule has 0 amide bonds. The zero-order chi connectivity index (χ0) is 40.7. The predicted octanol–water partition coefficient (Wildman–Crippen LogP) is 16.4. The molecule has 1 aliphatic heterocycles. The molecular weight excluding hydrogens is 755 g/mol. The third-order valence-corrected chi connectivity index (χ3v) is 12.7. The van der Waals surface area contributed by atoms with Gasteiger partial charge in [-0.25, -0.2) is 0 Å². The van der Waals surface area contributed by atoms with Gasteiger partial charge in [-0.1, -0.05) is 127 Å². The lowest BCUT2D eigenvalue weighted by molar-refractivity contribution is 0.669. The summed E-state index contributed by atoms with van der Waals surface area (Å²) < 4.78 is 8.67. The summed E-state index contributed by atoms with van der Waals surface area (Å²) in [6.45, 7) is 0. The highest BCUT2D eigenvalue weighted by atomic mass is 16.3. The van der Waals surface area contributed by atoms with Gasteiger partial charge in [0.2, 0.25) is 0 Å². The third kappa shape index (κ3) is 5.27. The fourth-order valence-electron chi connectivity index (χ4n) is 9.90. The fraction of sp³-hybridized carbons (Fsp3) is 0. The van der Waals surface area contributed by atoms with Crippen LogP contribution in [-0.2, 0) is 0 Å². The molecule has 0 bridgehead atoms. The molecule has 0 fully saturated rings. The number of nitrogens with zero attached hydrogens (tertiary/aromatic N) is 3. The summed E-state index contributed by atoms with van der Waals surface area (Å²) in [4.78, 5) is 4.80. The van der Waals surface area contributed by atoms with E-state index in [9.17, 15) is 0 Å². The van der Waals surface area contributed by atoms with Gasteiger partial charge in [-0.05, 0) is 119 Å². The first-order valence-corrected chi connectivity index (χ1v) is 21.2. The standard InChI is InChI=1S/C58H37N3O/c1-3-15-41(16-4-1)60-52-22-9-7-19-46(52)50-36-44(30-33-53(50)60)59(45-31-34-57-51(37-45)48-20-8-10-24-56(48)62-57)43-28-25-38(26-29-43)40-27-32-47-49-21-11-13-39-14-12-23-54(58(39)49)61(55(47)35-40)42-17-5-2-6-18-42/h1-37H. The minimum Gasteiger partial charge on any atom is -0.456 e. The summed E-state index contributed by atoms with van der Waals surface area (Å²) in [6, 6.07) is 81.1. The minimum atomic E-state index is 0.877. The summed E-state index contributed by atoms with van der Waals surface area (Å²) in [5, 5.41) is 7.15. The molecule has 0 saturated heterocycles. The normalized spacial score (nSPS) is 12.2. The Labute approximate surface area is 358 Å². The Morgan fingerprint density at radius 1 is 0.355 bits per heavy atom. The molecule has 0 radical (unpaired) electrons. The van der Waals surface area contributed by atoms with Crippen molar-refractivity contribution in [2.24, 2.45) is 0 Å². The van der Waals surface area contributed by atoms with E-state index in [2.05, 4.69) is 227 Å². The van der Waals surface area contributed by atoms with Crippen molar-refractivity contribution in [2.45, 2.75) is 0 Å². The average Bonchev–Trinajstić information content (AvgIpc) is 3.88. The lowest BCUT2D eigenvalue weighted by Crippen LogP contribution is -2.15. The molecule has 0 spiro atoms. The highest BCUT2D eigenvalue weighted by Gasteiger charge is 2.26. The van der Waals surface area contributed by atoms with Crippen molar-refractivity contribution in [3.8, 4) is 27.9 Å². The minimum absolute atomic E-state index is 0.877. The van der Waals surface area contributed by atoms with Crippen molar-refractivity contribution in [2.75, 3.05) is 9.80 Å². The summed E-state index contributed by atoms with van der Waals surface area (Å²) in [5.41, 5.74) is 16.8. The van der Waals surface area contributed by atoms with Gasteiger partial charge in [0.15, 0.2) is 0 Å². The fourth-order valence-corrected chi connectivity index (χ4v) is 9.90. The highest BCUT2D eigenvalue weighted by molar-refractivity contribution is 6.15. The first-order chi connectivity index (χ1) is 30.7. The van der Waals surface area contributed by atoms with Gasteiger partial charge in [0.25, 0.3) is 0 Å². The molecule has 0 unspecified atom stereocenters. The average molecular weight is 792 g/mol. The summed E-state index contributed by atoms with van der Waals surface area (Å²) >= 11 is 0. The van der Waals surface area contributed by atoms with Crippen LogP contribution in [0.1, 0.15) is 0 Å². The van der Waals surface area contributed by atoms with Crippen LogP contribution in [0.4, 0.5) is 34.1 Å². The van der Waals surface area contributed by atoms with E-state index in [-0.39, 0.29) is 0 Å². The van der Waals surface area contributed by atoms with Gasteiger partial charge < -0.3 is 18.8 Å². The van der Waals surface area contributed by atoms with Crippen molar-refractivity contribution in [1.82, 2.24) is 4.57 Å². The van der Waals surface area contributed by atoms with Crippen LogP contribution in [0.5, 0.6) is 0 Å². The van der Waals surface area contributed by atoms with Crippen LogP contribution in [0.3, 0.4) is 0 Å². The summed E-state index contributed by atoms with van der Waals surface area (Å²) in [5.74, 6) is 0. The number of hydrogen-bond acceptors (Lipinski definition) is 3. The second kappa shape index (κ2) is 13.6. The van der Waals surface area contributed by atoms with Crippen molar-refractivity contribution in [1.29, 1.82) is 0 Å². The topological polar surface area (TPSA) is 24.6 Å². The van der Waals surface area contributed by atoms with Crippen molar-refractivity contribution >= 4 is 88.6 Å². The van der Waals surface area contributed by atoms with E-state index >= 15 is 0 Å². The number of rotatable bonds is 6. The molecule has 4 heteroatoms. The number of fused-ring (bicyclic) bond motifs is 8. The van der Waals surface area contributed by atoms with Gasteiger partial charge in [0, 0.05) is 60.9 Å². The monoisotopic (exact) mass is 791 g/mol. The predicted molar refractivity (Wildman–Crippen MR) is 259 cm³/mol. The van der Waals surface area contributed by atoms with Crippen LogP contribution in [0.25, 0.3) is 82.5 Å². The Balaban J connectivity index is 0.966. The van der Waals surface area contributed by atoms with Gasteiger partial charge in [-0.2, -0.15) is 0 Å². The van der Waals surface area contributed by atoms with E-state index in [1.54, 1.807) is 0 Å². The number of furan rings is 1. The van der Waals surface area contributed by atoms with Gasteiger partial charge in [-0.3, -0.25) is 0 Å². The summed E-state index contributed by atoms with van der Waals surface area (Å²) in [7, 11) is 0. The van der Waals surface area contributed by atoms with Crippen LogP contribution in [0, 0.1) is 0 Å². The largest absolute Gasteiger partial charge is 0.456 e. The maximum Gasteiger partial charge on any atom is 0.135 e. The maximum atomic E-state index is 6.30. The number of para-hydroxylation sites is 4. The quantitative estimate of drug-likeness (QED) is 0.168. The molecule has 0 N–H and O–H groups in total. The van der Waals surface area contributed by atoms with Crippen LogP contribution in [0.2, 0.25) is 0 Å². The van der Waals surface area contributed by atoms with E-state index in [1.165, 1.54) is 55.1 Å².